The number of likely N-dealkylation sites (N-methyl/N-ethyl adjacent to an activating group) is 1. The second-order valence-corrected chi connectivity index (χ2v) is 40.8. The molecule has 19 N–H and O–H groups in total. The molecule has 7 amide bonds. The van der Waals surface area contributed by atoms with Crippen LogP contribution in [0.5, 0.6) is 23.0 Å². The predicted octanol–water partition coefficient (Wildman–Crippen LogP) is 13.1. The minimum Gasteiger partial charge on any atom is -0.491 e. The van der Waals surface area contributed by atoms with Crippen LogP contribution in [-0.2, 0) is 40.2 Å². The summed E-state index contributed by atoms with van der Waals surface area (Å²) in [5.74, 6) is -0.537. The number of aliphatic hydroxyl groups is 3. The molecular weight excluding hydrogens is 2220 g/mol. The molecule has 4 bridgehead atoms. The predicted molar refractivity (Wildman–Crippen MR) is 573 cm³/mol. The number of aliphatic hydroxyl groups excluding tert-OH is 3. The van der Waals surface area contributed by atoms with E-state index in [9.17, 15) is 50.4 Å². The third-order valence-corrected chi connectivity index (χ3v) is 23.8. The van der Waals surface area contributed by atoms with Crippen molar-refractivity contribution in [3.63, 3.8) is 0 Å². The maximum atomic E-state index is 13.3. The van der Waals surface area contributed by atoms with E-state index in [1.807, 2.05) is 30.3 Å². The molecule has 11 aromatic rings. The Morgan fingerprint density at radius 1 is 0.493 bits per heavy atom. The average Bonchev–Trinajstić information content (AvgIpc) is 0.792. The number of benzene rings is 6. The van der Waals surface area contributed by atoms with Gasteiger partial charge in [-0.15, -0.1) is 0 Å². The van der Waals surface area contributed by atoms with E-state index < -0.39 is 73.1 Å². The fourth-order valence-corrected chi connectivity index (χ4v) is 15.5. The number of nitrogens with two attached hydrogens (primary N) is 5. The maximum Gasteiger partial charge on any atom is 0.410 e. The number of para-hydroxylation sites is 9. The van der Waals surface area contributed by atoms with Gasteiger partial charge in [0.2, 0.25) is 10.0 Å². The van der Waals surface area contributed by atoms with Gasteiger partial charge in [-0.3, -0.25) is 28.2 Å². The fraction of sp³-hybridized carbons (Fsp3) is 0.351. The lowest BCUT2D eigenvalue weighted by Gasteiger charge is -2.29. The highest BCUT2D eigenvalue weighted by atomic mass is 79.9. The second-order valence-electron chi connectivity index (χ2n) is 33.8. The molecule has 13 rings (SSSR count). The van der Waals surface area contributed by atoms with E-state index in [0.29, 0.717) is 133 Å². The van der Waals surface area contributed by atoms with Gasteiger partial charge in [0.15, 0.2) is 57.6 Å². The van der Waals surface area contributed by atoms with Gasteiger partial charge in [-0.05, 0) is 242 Å². The fourth-order valence-electron chi connectivity index (χ4n) is 12.8. The summed E-state index contributed by atoms with van der Waals surface area (Å²) in [5.41, 5.74) is 32.0. The lowest BCUT2D eigenvalue weighted by Crippen LogP contribution is -2.42. The number of aromatic nitrogens is 10. The number of carbonyl (C=O) groups excluding carboxylic acids is 7. The summed E-state index contributed by atoms with van der Waals surface area (Å²) in [4.78, 5) is 132. The van der Waals surface area contributed by atoms with Crippen molar-refractivity contribution in [3.05, 3.63) is 229 Å². The molecule has 2 aliphatic rings. The van der Waals surface area contributed by atoms with Gasteiger partial charge in [-0.25, -0.2) is 67.8 Å². The molecule has 0 atom stereocenters. The Morgan fingerprint density at radius 3 is 1.40 bits per heavy atom. The van der Waals surface area contributed by atoms with E-state index in [1.54, 1.807) is 150 Å². The Kier molecular flexibility index (Phi) is 48.5. The van der Waals surface area contributed by atoms with Gasteiger partial charge in [0.25, 0.3) is 39.7 Å². The Morgan fingerprint density at radius 2 is 0.919 bits per heavy atom. The summed E-state index contributed by atoms with van der Waals surface area (Å²) in [6, 6.07) is 41.4. The molecule has 0 radical (unpaired) electrons. The molecule has 0 unspecified atom stereocenters. The summed E-state index contributed by atoms with van der Waals surface area (Å²) in [7, 11) is -5.88. The van der Waals surface area contributed by atoms with Crippen LogP contribution in [0.1, 0.15) is 151 Å². The number of hydrogen-bond donors (Lipinski definition) is 14. The maximum absolute atomic E-state index is 13.3. The van der Waals surface area contributed by atoms with Gasteiger partial charge in [-0.1, -0.05) is 78.9 Å². The first-order chi connectivity index (χ1) is 70.4. The number of hydrogen-bond acceptors (Lipinski definition) is 37. The summed E-state index contributed by atoms with van der Waals surface area (Å²) < 4.78 is 89.9. The molecule has 0 saturated heterocycles. The Balaban J connectivity index is 0.000000229. The normalized spacial score (nSPS) is 12.5. The molecule has 51 heteroatoms. The number of fused-ring (bicyclic) bond motifs is 11. The van der Waals surface area contributed by atoms with Crippen LogP contribution < -0.4 is 79.5 Å². The van der Waals surface area contributed by atoms with Crippen molar-refractivity contribution in [2.45, 2.75) is 115 Å². The van der Waals surface area contributed by atoms with E-state index in [-0.39, 0.29) is 122 Å². The third-order valence-electron chi connectivity index (χ3n) is 19.8. The number of nitrogens with one attached hydrogen (secondary N) is 6. The van der Waals surface area contributed by atoms with Crippen molar-refractivity contribution >= 4 is 183 Å². The third kappa shape index (κ3) is 40.9. The van der Waals surface area contributed by atoms with Crippen LogP contribution >= 0.6 is 63.7 Å². The molecule has 794 valence electrons. The number of ether oxygens (including phenoxy) is 6. The highest BCUT2D eigenvalue weighted by Crippen LogP contribution is 2.33. The van der Waals surface area contributed by atoms with Crippen LogP contribution in [-0.4, -0.2) is 261 Å². The molecule has 0 saturated carbocycles. The summed E-state index contributed by atoms with van der Waals surface area (Å²) in [6.07, 6.45) is 12.7. The van der Waals surface area contributed by atoms with Gasteiger partial charge < -0.3 is 114 Å². The smallest absolute Gasteiger partial charge is 0.410 e. The number of nitrogens with zero attached hydrogens (tertiary/aromatic N) is 13. The molecule has 2 aliphatic heterocycles. The number of unbranched alkanes of at least 4 members (excludes halogenated alkanes) is 1. The highest BCUT2D eigenvalue weighted by molar-refractivity contribution is 9.11. The van der Waals surface area contributed by atoms with E-state index in [1.165, 1.54) is 59.4 Å². The Bertz CT molecular complexity index is 6510. The summed E-state index contributed by atoms with van der Waals surface area (Å²) in [6.45, 7) is 15.0. The van der Waals surface area contributed by atoms with Crippen molar-refractivity contribution in [2.24, 2.45) is 0 Å². The van der Waals surface area contributed by atoms with Crippen LogP contribution in [0, 0.1) is 0 Å². The lowest BCUT2D eigenvalue weighted by molar-refractivity contribution is 0.0223. The first kappa shape index (κ1) is 120. The number of sulfonamides is 1. The van der Waals surface area contributed by atoms with Crippen molar-refractivity contribution in [3.8, 4) is 34.3 Å². The second kappa shape index (κ2) is 60.0. The zero-order valence-corrected chi connectivity index (χ0v) is 90.4. The largest absolute Gasteiger partial charge is 0.491 e. The first-order valence-electron chi connectivity index (χ1n) is 46.1. The van der Waals surface area contributed by atoms with Crippen molar-refractivity contribution in [2.75, 3.05) is 167 Å². The summed E-state index contributed by atoms with van der Waals surface area (Å²) in [5, 5.41) is 43.6. The van der Waals surface area contributed by atoms with Crippen LogP contribution in [0.25, 0.3) is 11.3 Å². The molecular formula is C97H120Br4N24O21S2. The molecule has 0 spiro atoms. The van der Waals surface area contributed by atoms with E-state index in [4.69, 9.17) is 72.4 Å². The van der Waals surface area contributed by atoms with Crippen molar-refractivity contribution in [1.29, 1.82) is 0 Å². The molecule has 0 aliphatic carbocycles. The zero-order chi connectivity index (χ0) is 108. The average molecular weight is 2340 g/mol. The van der Waals surface area contributed by atoms with Gasteiger partial charge in [0, 0.05) is 77.3 Å². The van der Waals surface area contributed by atoms with E-state index in [0.717, 1.165) is 57.0 Å². The SMILES string of the molecule is CC(C)(C)OC(=O)N(CCCO)CCCOc1ccccc1NC(=O)c1nc(Br)cnc1N.CN1CCN(C(=O)OC(C)(C)C)CCCOc2ccccc2NC(=O)c2nc(cnc2N)-c2ccc(cc2)S1(=O)=O.CS(=O)(=O)OCCCOc1ccccc1NC(=O)c1nc(Br)cnc1N.Nc1ncc(Br)nc1C(=O)Nc1ccccc1CCCCO.Nc1ncc(Br)nc1C(=O)Nc1ccccc1OCCCNCCCO. The first-order valence-corrected chi connectivity index (χ1v) is 52.5. The number of aryl methyl sites for hydroxylation is 1. The Labute approximate surface area is 890 Å². The van der Waals surface area contributed by atoms with Crippen molar-refractivity contribution < 1.29 is 98.3 Å². The number of amides is 7. The number of rotatable bonds is 34. The molecule has 7 heterocycles. The molecule has 6 aromatic carbocycles. The van der Waals surface area contributed by atoms with E-state index >= 15 is 0 Å². The van der Waals surface area contributed by atoms with Gasteiger partial charge in [0.05, 0.1) is 104 Å². The molecule has 5 aromatic heterocycles. The van der Waals surface area contributed by atoms with Crippen molar-refractivity contribution in [1.82, 2.24) is 69.3 Å². The number of nitrogen functional groups attached to an aromatic ring is 5. The van der Waals surface area contributed by atoms with Crippen LogP contribution in [0.15, 0.2) is 200 Å². The standard InChI is InChI=1S/C28H34N6O6S.C22H30BrN5O5.C17H22BrN5O3.C15H17BrN4O5S.C15H17BrN4O2/c1-28(2,3)40-27(36)34-14-7-17-39-23-9-6-5-8-21(23)32-26(35)24-25(29)30-18-22(31-24)19-10-12-20(13-11-19)41(37,38)33(4)15-16-34;1-22(2,3)33-21(31)28(10-6-12-29)11-7-13-32-16-9-5-4-8-15(16)26-20(30)18-19(24)25-14-17(23)27-18;18-14-11-21-16(19)15(23-14)17(25)22-12-5-1-2-6-13(12)26-10-4-8-20-7-3-9-24;1-26(22,23)25-8-4-7-24-11-6-3-2-5-10(11)19-15(21)13-14(17)18-9-12(16)20-13;16-12-9-18-14(17)13(20-12)15(22)19-11-7-2-1-5-10(11)6-3-4-8-21/h5-6,8-13,18H,7,14-17H2,1-4H3,(H2,29,30)(H,32,35);4-5,8-9,14,29H,6-7,10-13H2,1-3H3,(H2,24,25)(H,26,30);1-2,5-6,11,20,24H,3-4,7-10H2,(H2,19,21)(H,22,25);2-3,5-6,9H,4,7-8H2,1H3,(H2,17,18)(H,19,21);1-2,5,7,9,21H,3-4,6,8H2,(H2,17,18)(H,19,22). The molecule has 45 nitrogen and oxygen atoms in total. The lowest BCUT2D eigenvalue weighted by atomic mass is 10.1. The van der Waals surface area contributed by atoms with Crippen LogP contribution in [0.4, 0.5) is 67.1 Å². The Hall–Kier alpha value is -13.6. The van der Waals surface area contributed by atoms with E-state index in [2.05, 4.69) is 150 Å². The summed E-state index contributed by atoms with van der Waals surface area (Å²) >= 11 is 12.7. The minimum absolute atomic E-state index is 0.00187. The topological polar surface area (TPSA) is 654 Å². The van der Waals surface area contributed by atoms with Gasteiger partial charge >= 0.3 is 12.2 Å². The number of carbonyl (C=O) groups is 7. The monoisotopic (exact) mass is 2340 g/mol. The van der Waals surface area contributed by atoms with Crippen LogP contribution in [0.3, 0.4) is 0 Å². The zero-order valence-electron chi connectivity index (χ0n) is 82.4. The minimum atomic E-state index is -3.87. The highest BCUT2D eigenvalue weighted by Gasteiger charge is 2.30. The number of halogens is 4. The van der Waals surface area contributed by atoms with Crippen LogP contribution in [0.2, 0.25) is 0 Å². The van der Waals surface area contributed by atoms with Gasteiger partial charge in [0.1, 0.15) is 52.6 Å². The molecule has 0 fully saturated rings. The van der Waals surface area contributed by atoms with Gasteiger partial charge in [-0.2, -0.15) is 12.7 Å². The number of anilines is 10. The quantitative estimate of drug-likeness (QED) is 0.0132. The molecule has 148 heavy (non-hydrogen) atoms.